The Kier molecular flexibility index (Phi) is 5.35. The van der Waals surface area contributed by atoms with Gasteiger partial charge in [0.1, 0.15) is 11.8 Å². The summed E-state index contributed by atoms with van der Waals surface area (Å²) in [5.74, 6) is -1.05. The number of benzene rings is 2. The predicted molar refractivity (Wildman–Crippen MR) is 98.9 cm³/mol. The number of hydrogen-bond acceptors (Lipinski definition) is 4. The van der Waals surface area contributed by atoms with Crippen molar-refractivity contribution in [1.29, 1.82) is 5.26 Å². The van der Waals surface area contributed by atoms with E-state index in [2.05, 4.69) is 21.2 Å². The van der Waals surface area contributed by atoms with Crippen molar-refractivity contribution in [3.63, 3.8) is 0 Å². The van der Waals surface area contributed by atoms with Crippen LogP contribution >= 0.6 is 27.5 Å². The van der Waals surface area contributed by atoms with E-state index in [1.165, 1.54) is 29.2 Å². The number of nitrogens with zero attached hydrogens (tertiary/aromatic N) is 2. The molecule has 0 aromatic heterocycles. The highest BCUT2D eigenvalue weighted by Gasteiger charge is 2.35. The van der Waals surface area contributed by atoms with Gasteiger partial charge in [-0.15, -0.1) is 0 Å². The minimum atomic E-state index is -0.698. The van der Waals surface area contributed by atoms with E-state index in [4.69, 9.17) is 21.6 Å². The fourth-order valence-electron chi connectivity index (χ4n) is 2.58. The number of carbonyl (C=O) groups excluding carboxylic acids is 2. The zero-order chi connectivity index (χ0) is 19.7. The van der Waals surface area contributed by atoms with Crippen LogP contribution in [0.4, 0.5) is 9.18 Å². The van der Waals surface area contributed by atoms with Crippen LogP contribution in [-0.4, -0.2) is 22.9 Å². The van der Waals surface area contributed by atoms with Gasteiger partial charge in [0.25, 0.3) is 5.91 Å². The van der Waals surface area contributed by atoms with Crippen molar-refractivity contribution in [3.05, 3.63) is 56.8 Å². The number of halogens is 3. The van der Waals surface area contributed by atoms with Crippen molar-refractivity contribution in [1.82, 2.24) is 10.2 Å². The van der Waals surface area contributed by atoms with Crippen molar-refractivity contribution < 1.29 is 18.7 Å². The summed E-state index contributed by atoms with van der Waals surface area (Å²) in [5.41, 5.74) is 0.443. The first kappa shape index (κ1) is 19.1. The third-order valence-corrected chi connectivity index (χ3v) is 4.87. The molecule has 1 N–H and O–H groups in total. The van der Waals surface area contributed by atoms with E-state index in [0.29, 0.717) is 4.47 Å². The molecule has 1 unspecified atom stereocenters. The first-order valence-corrected chi connectivity index (χ1v) is 8.94. The molecular formula is C18H12BrClFN3O3. The van der Waals surface area contributed by atoms with Crippen LogP contribution in [0.15, 0.2) is 34.8 Å². The van der Waals surface area contributed by atoms with Crippen LogP contribution in [0.3, 0.4) is 0 Å². The van der Waals surface area contributed by atoms with E-state index in [-0.39, 0.29) is 34.2 Å². The first-order valence-electron chi connectivity index (χ1n) is 7.77. The van der Waals surface area contributed by atoms with Crippen LogP contribution in [0.1, 0.15) is 18.1 Å². The Morgan fingerprint density at radius 2 is 2.11 bits per heavy atom. The molecule has 2 aromatic rings. The van der Waals surface area contributed by atoms with Crippen LogP contribution in [0, 0.1) is 17.1 Å². The molecule has 0 aliphatic carbocycles. The van der Waals surface area contributed by atoms with Crippen molar-refractivity contribution >= 4 is 39.5 Å². The van der Waals surface area contributed by atoms with Gasteiger partial charge in [0.05, 0.1) is 22.7 Å². The summed E-state index contributed by atoms with van der Waals surface area (Å²) in [4.78, 5) is 24.7. The minimum absolute atomic E-state index is 0.104. The Bertz CT molecular complexity index is 993. The molecule has 138 valence electrons. The Morgan fingerprint density at radius 1 is 1.37 bits per heavy atom. The molecule has 3 rings (SSSR count). The van der Waals surface area contributed by atoms with Crippen LogP contribution in [0.2, 0.25) is 5.02 Å². The van der Waals surface area contributed by atoms with Crippen LogP contribution in [0.5, 0.6) is 11.5 Å². The number of nitriles is 1. The van der Waals surface area contributed by atoms with Gasteiger partial charge in [-0.3, -0.25) is 10.1 Å². The Morgan fingerprint density at radius 3 is 2.74 bits per heavy atom. The molecule has 1 aliphatic rings. The van der Waals surface area contributed by atoms with E-state index < -0.39 is 23.8 Å². The third kappa shape index (κ3) is 3.89. The summed E-state index contributed by atoms with van der Waals surface area (Å²) in [7, 11) is 0. The van der Waals surface area contributed by atoms with E-state index in [0.717, 1.165) is 0 Å². The molecule has 0 radical (unpaired) electrons. The monoisotopic (exact) mass is 451 g/mol. The maximum atomic E-state index is 15.0. The number of imide groups is 1. The molecule has 9 heteroatoms. The highest BCUT2D eigenvalue weighted by atomic mass is 79.9. The quantitative estimate of drug-likeness (QED) is 0.699. The second-order valence-corrected chi connectivity index (χ2v) is 7.13. The molecule has 1 fully saturated rings. The van der Waals surface area contributed by atoms with E-state index in [1.54, 1.807) is 13.0 Å². The van der Waals surface area contributed by atoms with Gasteiger partial charge in [-0.25, -0.2) is 9.18 Å². The molecule has 1 heterocycles. The minimum Gasteiger partial charge on any atom is -0.453 e. The number of amides is 3. The first-order chi connectivity index (χ1) is 12.8. The zero-order valence-electron chi connectivity index (χ0n) is 13.9. The summed E-state index contributed by atoms with van der Waals surface area (Å²) in [6.45, 7) is 1.46. The maximum absolute atomic E-state index is 15.0. The topological polar surface area (TPSA) is 82.4 Å². The summed E-state index contributed by atoms with van der Waals surface area (Å²) < 4.78 is 21.0. The lowest BCUT2D eigenvalue weighted by molar-refractivity contribution is -0.121. The molecule has 27 heavy (non-hydrogen) atoms. The van der Waals surface area contributed by atoms with Crippen LogP contribution in [0.25, 0.3) is 0 Å². The van der Waals surface area contributed by atoms with Gasteiger partial charge in [-0.05, 0) is 47.1 Å². The second kappa shape index (κ2) is 7.55. The largest absolute Gasteiger partial charge is 0.453 e. The van der Waals surface area contributed by atoms with Gasteiger partial charge >= 0.3 is 6.03 Å². The number of hydrogen-bond donors (Lipinski definition) is 1. The fourth-order valence-corrected chi connectivity index (χ4v) is 3.20. The van der Waals surface area contributed by atoms with E-state index in [1.807, 2.05) is 6.07 Å². The number of carbonyl (C=O) groups is 2. The highest BCUT2D eigenvalue weighted by Crippen LogP contribution is 2.36. The summed E-state index contributed by atoms with van der Waals surface area (Å²) in [6.07, 6.45) is 0. The van der Waals surface area contributed by atoms with Crippen molar-refractivity contribution in [3.8, 4) is 17.6 Å². The molecule has 1 aliphatic heterocycles. The molecular weight excluding hydrogens is 441 g/mol. The van der Waals surface area contributed by atoms with Crippen molar-refractivity contribution in [2.45, 2.75) is 19.5 Å². The SMILES string of the molecule is CC1C(=O)NC(=O)N1Cc1ccc(Br)c(Oc2cc(Cl)cc(C#N)c2)c1F. The zero-order valence-corrected chi connectivity index (χ0v) is 16.3. The summed E-state index contributed by atoms with van der Waals surface area (Å²) >= 11 is 9.17. The highest BCUT2D eigenvalue weighted by molar-refractivity contribution is 9.10. The Balaban J connectivity index is 1.93. The van der Waals surface area contributed by atoms with Gasteiger partial charge in [-0.1, -0.05) is 17.7 Å². The van der Waals surface area contributed by atoms with Crippen molar-refractivity contribution in [2.24, 2.45) is 0 Å². The number of ether oxygens (including phenoxy) is 1. The predicted octanol–water partition coefficient (Wildman–Crippen LogP) is 4.35. The summed E-state index contributed by atoms with van der Waals surface area (Å²) in [5, 5.41) is 11.5. The van der Waals surface area contributed by atoms with E-state index >= 15 is 4.39 Å². The fraction of sp³-hybridized carbons (Fsp3) is 0.167. The number of urea groups is 1. The molecule has 0 saturated carbocycles. The standard InChI is InChI=1S/C18H12BrClFN3O3/c1-9-17(25)23-18(26)24(9)8-11-2-3-14(19)16(15(11)21)27-13-5-10(7-22)4-12(20)6-13/h2-6,9H,8H2,1H3,(H,23,25,26). The van der Waals surface area contributed by atoms with Gasteiger partial charge in [0, 0.05) is 10.6 Å². The molecule has 0 bridgehead atoms. The average molecular weight is 453 g/mol. The molecule has 1 atom stereocenters. The normalized spacial score (nSPS) is 16.3. The Hall–Kier alpha value is -2.63. The average Bonchev–Trinajstić information content (AvgIpc) is 2.86. The molecule has 0 spiro atoms. The van der Waals surface area contributed by atoms with Gasteiger partial charge < -0.3 is 9.64 Å². The Labute approximate surface area is 167 Å². The van der Waals surface area contributed by atoms with Crippen LogP contribution < -0.4 is 10.1 Å². The molecule has 1 saturated heterocycles. The molecule has 2 aromatic carbocycles. The van der Waals surface area contributed by atoms with Crippen molar-refractivity contribution in [2.75, 3.05) is 0 Å². The summed E-state index contributed by atoms with van der Waals surface area (Å²) in [6, 6.07) is 8.08. The third-order valence-electron chi connectivity index (χ3n) is 4.03. The lowest BCUT2D eigenvalue weighted by atomic mass is 10.1. The van der Waals surface area contributed by atoms with Gasteiger partial charge in [0.15, 0.2) is 11.6 Å². The van der Waals surface area contributed by atoms with Gasteiger partial charge in [0.2, 0.25) is 0 Å². The number of rotatable bonds is 4. The maximum Gasteiger partial charge on any atom is 0.325 e. The smallest absolute Gasteiger partial charge is 0.325 e. The van der Waals surface area contributed by atoms with E-state index in [9.17, 15) is 9.59 Å². The van der Waals surface area contributed by atoms with Gasteiger partial charge in [-0.2, -0.15) is 5.26 Å². The second-order valence-electron chi connectivity index (χ2n) is 5.84. The lowest BCUT2D eigenvalue weighted by Gasteiger charge is -2.20. The molecule has 3 amide bonds. The molecule has 6 nitrogen and oxygen atoms in total. The van der Waals surface area contributed by atoms with Crippen LogP contribution in [-0.2, 0) is 11.3 Å². The number of nitrogens with one attached hydrogen (secondary N) is 1. The lowest BCUT2D eigenvalue weighted by Crippen LogP contribution is -2.32.